The third-order valence-electron chi connectivity index (χ3n) is 2.82. The molecular weight excluding hydrogens is 363 g/mol. The smallest absolute Gasteiger partial charge is 0.327 e. The largest absolute Gasteiger partial charge is 0.465 e. The second-order valence-corrected chi connectivity index (χ2v) is 5.27. The molecule has 1 aromatic heterocycles. The molecule has 0 unspecified atom stereocenters. The van der Waals surface area contributed by atoms with Crippen LogP contribution in [0.15, 0.2) is 28.7 Å². The van der Waals surface area contributed by atoms with Gasteiger partial charge in [0.2, 0.25) is 0 Å². The minimum absolute atomic E-state index is 0.0182. The third kappa shape index (κ3) is 3.63. The van der Waals surface area contributed by atoms with Gasteiger partial charge in [-0.1, -0.05) is 0 Å². The van der Waals surface area contributed by atoms with E-state index >= 15 is 0 Å². The number of carbonyl (C=O) groups excluding carboxylic acids is 1. The summed E-state index contributed by atoms with van der Waals surface area (Å²) in [6, 6.07) is 5.95. The van der Waals surface area contributed by atoms with Gasteiger partial charge in [-0.25, -0.2) is 4.39 Å². The summed E-state index contributed by atoms with van der Waals surface area (Å²) in [5, 5.41) is 4.36. The van der Waals surface area contributed by atoms with Gasteiger partial charge in [-0.3, -0.25) is 9.48 Å². The summed E-state index contributed by atoms with van der Waals surface area (Å²) in [6.07, 6.45) is 0. The number of rotatable bonds is 5. The first-order valence-corrected chi connectivity index (χ1v) is 7.62. The van der Waals surface area contributed by atoms with E-state index < -0.39 is 0 Å². The van der Waals surface area contributed by atoms with E-state index in [4.69, 9.17) is 16.3 Å². The second-order valence-electron chi connectivity index (χ2n) is 4.21. The summed E-state index contributed by atoms with van der Waals surface area (Å²) in [5.74, 6) is -0.517. The number of nitrogens with zero attached hydrogens (tertiary/aromatic N) is 2. The van der Waals surface area contributed by atoms with Crippen molar-refractivity contribution in [1.29, 1.82) is 0 Å². The molecule has 21 heavy (non-hydrogen) atoms. The number of hydrogen-bond acceptors (Lipinski definition) is 3. The Balaban J connectivity index is 2.37. The molecule has 0 saturated heterocycles. The average molecular weight is 376 g/mol. The van der Waals surface area contributed by atoms with E-state index in [2.05, 4.69) is 21.0 Å². The van der Waals surface area contributed by atoms with E-state index in [1.807, 2.05) is 0 Å². The molecule has 0 amide bonds. The molecular formula is C14H13BrClFN2O2. The maximum atomic E-state index is 13.0. The van der Waals surface area contributed by atoms with Gasteiger partial charge in [-0.15, -0.1) is 11.6 Å². The molecule has 4 nitrogen and oxygen atoms in total. The summed E-state index contributed by atoms with van der Waals surface area (Å²) < 4.78 is 20.1. The maximum Gasteiger partial charge on any atom is 0.327 e. The highest BCUT2D eigenvalue weighted by molar-refractivity contribution is 9.10. The van der Waals surface area contributed by atoms with Gasteiger partial charge in [0, 0.05) is 5.56 Å². The quantitative estimate of drug-likeness (QED) is 0.590. The van der Waals surface area contributed by atoms with Gasteiger partial charge in [0.05, 0.1) is 22.7 Å². The van der Waals surface area contributed by atoms with Gasteiger partial charge in [-0.2, -0.15) is 5.10 Å². The van der Waals surface area contributed by atoms with Crippen molar-refractivity contribution in [2.24, 2.45) is 0 Å². The van der Waals surface area contributed by atoms with Gasteiger partial charge in [0.15, 0.2) is 0 Å². The molecule has 0 aliphatic rings. The average Bonchev–Trinajstić information content (AvgIpc) is 2.76. The number of carbonyl (C=O) groups is 1. The van der Waals surface area contributed by atoms with Crippen molar-refractivity contribution >= 4 is 33.5 Å². The van der Waals surface area contributed by atoms with Crippen LogP contribution in [0.2, 0.25) is 0 Å². The first kappa shape index (κ1) is 16.0. The van der Waals surface area contributed by atoms with Gasteiger partial charge in [0.1, 0.15) is 18.1 Å². The van der Waals surface area contributed by atoms with Crippen molar-refractivity contribution in [2.45, 2.75) is 19.3 Å². The maximum absolute atomic E-state index is 13.0. The molecule has 0 fully saturated rings. The summed E-state index contributed by atoms with van der Waals surface area (Å²) in [4.78, 5) is 11.6. The molecule has 0 atom stereocenters. The highest BCUT2D eigenvalue weighted by Crippen LogP contribution is 2.31. The Morgan fingerprint density at radius 2 is 2.10 bits per heavy atom. The molecule has 0 aliphatic heterocycles. The first-order chi connectivity index (χ1) is 10.1. The molecule has 1 aromatic carbocycles. The van der Waals surface area contributed by atoms with E-state index in [0.29, 0.717) is 22.5 Å². The predicted octanol–water partition coefficient (Wildman–Crippen LogP) is 3.75. The Labute approximate surface area is 135 Å². The lowest BCUT2D eigenvalue weighted by atomic mass is 10.1. The third-order valence-corrected chi connectivity index (χ3v) is 3.91. The fourth-order valence-electron chi connectivity index (χ4n) is 1.85. The van der Waals surface area contributed by atoms with Crippen LogP contribution < -0.4 is 0 Å². The first-order valence-electron chi connectivity index (χ1n) is 6.29. The fourth-order valence-corrected chi connectivity index (χ4v) is 2.94. The number of aromatic nitrogens is 2. The van der Waals surface area contributed by atoms with Crippen molar-refractivity contribution < 1.29 is 13.9 Å². The summed E-state index contributed by atoms with van der Waals surface area (Å²) in [5.41, 5.74) is 2.01. The summed E-state index contributed by atoms with van der Waals surface area (Å²) >= 11 is 9.35. The van der Waals surface area contributed by atoms with E-state index in [-0.39, 0.29) is 24.2 Å². The molecule has 7 heteroatoms. The van der Waals surface area contributed by atoms with Crippen molar-refractivity contribution in [1.82, 2.24) is 9.78 Å². The van der Waals surface area contributed by atoms with E-state index in [0.717, 1.165) is 5.56 Å². The Kier molecular flexibility index (Phi) is 5.36. The Hall–Kier alpha value is -1.40. The summed E-state index contributed by atoms with van der Waals surface area (Å²) in [6.45, 7) is 2.03. The highest BCUT2D eigenvalue weighted by Gasteiger charge is 2.18. The molecule has 1 heterocycles. The fraction of sp³-hybridized carbons (Fsp3) is 0.286. The highest BCUT2D eigenvalue weighted by atomic mass is 79.9. The van der Waals surface area contributed by atoms with Crippen molar-refractivity contribution in [3.05, 3.63) is 40.2 Å². The molecule has 2 rings (SSSR count). The van der Waals surface area contributed by atoms with E-state index in [9.17, 15) is 9.18 Å². The molecule has 0 saturated carbocycles. The number of halogens is 3. The lowest BCUT2D eigenvalue weighted by molar-refractivity contribution is -0.144. The van der Waals surface area contributed by atoms with E-state index in [1.165, 1.54) is 16.8 Å². The summed E-state index contributed by atoms with van der Waals surface area (Å²) in [7, 11) is 0. The molecule has 2 aromatic rings. The zero-order chi connectivity index (χ0) is 15.4. The molecule has 0 radical (unpaired) electrons. The number of esters is 1. The van der Waals surface area contributed by atoms with Crippen molar-refractivity contribution in [2.75, 3.05) is 6.61 Å². The molecule has 0 bridgehead atoms. The van der Waals surface area contributed by atoms with Gasteiger partial charge in [-0.05, 0) is 47.1 Å². The van der Waals surface area contributed by atoms with Crippen molar-refractivity contribution in [3.8, 4) is 11.3 Å². The van der Waals surface area contributed by atoms with Crippen LogP contribution in [0.3, 0.4) is 0 Å². The molecule has 0 N–H and O–H groups in total. The van der Waals surface area contributed by atoms with Crippen LogP contribution in [0.25, 0.3) is 11.3 Å². The van der Waals surface area contributed by atoms with Gasteiger partial charge < -0.3 is 4.74 Å². The van der Waals surface area contributed by atoms with Crippen molar-refractivity contribution in [3.63, 3.8) is 0 Å². The Bertz CT molecular complexity index is 643. The zero-order valence-corrected chi connectivity index (χ0v) is 13.6. The second kappa shape index (κ2) is 7.04. The minimum atomic E-state index is -0.385. The molecule has 112 valence electrons. The predicted molar refractivity (Wildman–Crippen MR) is 81.5 cm³/mol. The SMILES string of the molecule is CCOC(=O)Cn1nc(-c2ccc(F)cc2)c(Br)c1CCl. The monoisotopic (exact) mass is 374 g/mol. The Morgan fingerprint density at radius 1 is 1.43 bits per heavy atom. The van der Waals surface area contributed by atoms with Crippen LogP contribution >= 0.6 is 27.5 Å². The lowest BCUT2D eigenvalue weighted by Crippen LogP contribution is -2.16. The van der Waals surface area contributed by atoms with Crippen LogP contribution in [0.5, 0.6) is 0 Å². The van der Waals surface area contributed by atoms with Crippen LogP contribution in [0.4, 0.5) is 4.39 Å². The minimum Gasteiger partial charge on any atom is -0.465 e. The van der Waals surface area contributed by atoms with Crippen LogP contribution in [-0.4, -0.2) is 22.4 Å². The zero-order valence-electron chi connectivity index (χ0n) is 11.3. The number of benzene rings is 1. The number of alkyl halides is 1. The van der Waals surface area contributed by atoms with Gasteiger partial charge in [0.25, 0.3) is 0 Å². The number of hydrogen-bond donors (Lipinski definition) is 0. The van der Waals surface area contributed by atoms with Crippen LogP contribution in [0, 0.1) is 5.82 Å². The molecule has 0 aliphatic carbocycles. The normalized spacial score (nSPS) is 10.7. The van der Waals surface area contributed by atoms with Crippen LogP contribution in [-0.2, 0) is 22.0 Å². The standard InChI is InChI=1S/C14H13BrClFN2O2/c1-2-21-12(20)8-19-11(7-16)13(15)14(18-19)9-3-5-10(17)6-4-9/h3-6H,2,7-8H2,1H3. The topological polar surface area (TPSA) is 44.1 Å². The van der Waals surface area contributed by atoms with E-state index in [1.54, 1.807) is 19.1 Å². The Morgan fingerprint density at radius 3 is 2.67 bits per heavy atom. The van der Waals surface area contributed by atoms with Gasteiger partial charge >= 0.3 is 5.97 Å². The lowest BCUT2D eigenvalue weighted by Gasteiger charge is -2.04. The number of ether oxygens (including phenoxy) is 1. The van der Waals surface area contributed by atoms with Crippen LogP contribution in [0.1, 0.15) is 12.6 Å². The molecule has 0 spiro atoms.